The molecule has 0 saturated carbocycles. The number of anilines is 1. The van der Waals surface area contributed by atoms with Crippen molar-refractivity contribution in [3.8, 4) is 0 Å². The third-order valence-electron chi connectivity index (χ3n) is 3.97. The summed E-state index contributed by atoms with van der Waals surface area (Å²) in [5, 5.41) is 4.34. The van der Waals surface area contributed by atoms with Crippen LogP contribution in [0.3, 0.4) is 0 Å². The predicted octanol–water partition coefficient (Wildman–Crippen LogP) is 1.97. The summed E-state index contributed by atoms with van der Waals surface area (Å²) in [6, 6.07) is 8.11. The van der Waals surface area contributed by atoms with Crippen molar-refractivity contribution in [1.29, 1.82) is 0 Å². The molecule has 3 aromatic rings. The molecule has 1 aromatic carbocycles. The number of imidazole rings is 1. The van der Waals surface area contributed by atoms with Crippen molar-refractivity contribution in [3.63, 3.8) is 0 Å². The Hall–Kier alpha value is -2.34. The fourth-order valence-corrected chi connectivity index (χ4v) is 2.89. The SMILES string of the molecule is Cc1cnn(CC2CN(c3nc4ccccc4[nH]3)CCO2)c1. The van der Waals surface area contributed by atoms with Crippen LogP contribution in [0.15, 0.2) is 36.7 Å². The van der Waals surface area contributed by atoms with Gasteiger partial charge in [0.05, 0.1) is 36.5 Å². The van der Waals surface area contributed by atoms with E-state index >= 15 is 0 Å². The van der Waals surface area contributed by atoms with Gasteiger partial charge in [-0.1, -0.05) is 12.1 Å². The van der Waals surface area contributed by atoms with Crippen molar-refractivity contribution >= 4 is 17.0 Å². The number of aryl methyl sites for hydroxylation is 1. The standard InChI is InChI=1S/C16H19N5O/c1-12-8-17-21(9-12)11-13-10-20(6-7-22-13)16-18-14-4-2-3-5-15(14)19-16/h2-5,8-9,13H,6-7,10-11H2,1H3,(H,18,19). The van der Waals surface area contributed by atoms with Crippen LogP contribution in [0.25, 0.3) is 11.0 Å². The lowest BCUT2D eigenvalue weighted by Crippen LogP contribution is -2.44. The van der Waals surface area contributed by atoms with Crippen LogP contribution in [0.2, 0.25) is 0 Å². The van der Waals surface area contributed by atoms with E-state index in [9.17, 15) is 0 Å². The molecule has 3 heterocycles. The number of ether oxygens (including phenoxy) is 1. The molecule has 114 valence electrons. The van der Waals surface area contributed by atoms with Crippen molar-refractivity contribution in [2.75, 3.05) is 24.6 Å². The molecule has 1 fully saturated rings. The zero-order chi connectivity index (χ0) is 14.9. The highest BCUT2D eigenvalue weighted by Crippen LogP contribution is 2.19. The summed E-state index contributed by atoms with van der Waals surface area (Å²) in [7, 11) is 0. The van der Waals surface area contributed by atoms with E-state index in [4.69, 9.17) is 4.74 Å². The van der Waals surface area contributed by atoms with Crippen molar-refractivity contribution in [2.24, 2.45) is 0 Å². The van der Waals surface area contributed by atoms with Gasteiger partial charge < -0.3 is 14.6 Å². The lowest BCUT2D eigenvalue weighted by atomic mass is 10.3. The Balaban J connectivity index is 1.50. The van der Waals surface area contributed by atoms with E-state index in [1.165, 1.54) is 5.56 Å². The summed E-state index contributed by atoms with van der Waals surface area (Å²) in [5.41, 5.74) is 3.25. The van der Waals surface area contributed by atoms with Crippen molar-refractivity contribution in [2.45, 2.75) is 19.6 Å². The molecule has 1 N–H and O–H groups in total. The van der Waals surface area contributed by atoms with Gasteiger partial charge in [-0.05, 0) is 24.6 Å². The summed E-state index contributed by atoms with van der Waals surface area (Å²) in [4.78, 5) is 10.3. The molecule has 1 aliphatic heterocycles. The van der Waals surface area contributed by atoms with Gasteiger partial charge in [-0.25, -0.2) is 4.98 Å². The fraction of sp³-hybridized carbons (Fsp3) is 0.375. The van der Waals surface area contributed by atoms with Crippen LogP contribution < -0.4 is 4.90 Å². The molecule has 4 rings (SSSR count). The second kappa shape index (κ2) is 5.46. The van der Waals surface area contributed by atoms with Gasteiger partial charge in [-0.2, -0.15) is 5.10 Å². The first-order valence-corrected chi connectivity index (χ1v) is 7.58. The van der Waals surface area contributed by atoms with Crippen LogP contribution in [0, 0.1) is 6.92 Å². The van der Waals surface area contributed by atoms with Crippen LogP contribution in [0.4, 0.5) is 5.95 Å². The molecule has 0 spiro atoms. The molecule has 22 heavy (non-hydrogen) atoms. The van der Waals surface area contributed by atoms with Crippen molar-refractivity contribution in [3.05, 3.63) is 42.2 Å². The highest BCUT2D eigenvalue weighted by molar-refractivity contribution is 5.77. The van der Waals surface area contributed by atoms with Gasteiger partial charge >= 0.3 is 0 Å². The van der Waals surface area contributed by atoms with E-state index in [0.717, 1.165) is 36.6 Å². The molecule has 1 unspecified atom stereocenters. The highest BCUT2D eigenvalue weighted by atomic mass is 16.5. The molecular weight excluding hydrogens is 278 g/mol. The Morgan fingerprint density at radius 1 is 1.36 bits per heavy atom. The number of fused-ring (bicyclic) bond motifs is 1. The van der Waals surface area contributed by atoms with Crippen molar-refractivity contribution < 1.29 is 4.74 Å². The van der Waals surface area contributed by atoms with Gasteiger partial charge in [0.2, 0.25) is 5.95 Å². The second-order valence-electron chi connectivity index (χ2n) is 5.76. The van der Waals surface area contributed by atoms with Gasteiger partial charge in [0.25, 0.3) is 0 Å². The number of rotatable bonds is 3. The minimum Gasteiger partial charge on any atom is -0.373 e. The average molecular weight is 297 g/mol. The number of para-hydroxylation sites is 2. The zero-order valence-corrected chi connectivity index (χ0v) is 12.6. The Labute approximate surface area is 128 Å². The van der Waals surface area contributed by atoms with E-state index in [1.807, 2.05) is 42.2 Å². The summed E-state index contributed by atoms with van der Waals surface area (Å²) in [5.74, 6) is 0.922. The maximum atomic E-state index is 5.87. The van der Waals surface area contributed by atoms with Crippen LogP contribution >= 0.6 is 0 Å². The average Bonchev–Trinajstić information content (AvgIpc) is 3.13. The number of aromatic nitrogens is 4. The molecule has 6 heteroatoms. The minimum atomic E-state index is 0.126. The number of nitrogens with zero attached hydrogens (tertiary/aromatic N) is 4. The molecule has 0 bridgehead atoms. The number of morpholine rings is 1. The maximum Gasteiger partial charge on any atom is 0.204 e. The zero-order valence-electron chi connectivity index (χ0n) is 12.6. The molecule has 1 saturated heterocycles. The molecule has 1 aliphatic rings. The van der Waals surface area contributed by atoms with Crippen LogP contribution in [-0.4, -0.2) is 45.5 Å². The molecule has 2 aromatic heterocycles. The van der Waals surface area contributed by atoms with Gasteiger partial charge in [-0.15, -0.1) is 0 Å². The number of benzene rings is 1. The Bertz CT molecular complexity index is 745. The Kier molecular flexibility index (Phi) is 3.31. The Morgan fingerprint density at radius 3 is 3.09 bits per heavy atom. The topological polar surface area (TPSA) is 59.0 Å². The number of hydrogen-bond acceptors (Lipinski definition) is 4. The van der Waals surface area contributed by atoms with Crippen molar-refractivity contribution in [1.82, 2.24) is 19.7 Å². The minimum absolute atomic E-state index is 0.126. The first kappa shape index (κ1) is 13.3. The molecule has 0 amide bonds. The first-order chi connectivity index (χ1) is 10.8. The van der Waals surface area contributed by atoms with Crippen LogP contribution in [0.5, 0.6) is 0 Å². The summed E-state index contributed by atoms with van der Waals surface area (Å²) >= 11 is 0. The summed E-state index contributed by atoms with van der Waals surface area (Å²) < 4.78 is 7.82. The number of H-pyrrole nitrogens is 1. The largest absolute Gasteiger partial charge is 0.373 e. The lowest BCUT2D eigenvalue weighted by molar-refractivity contribution is 0.0270. The monoisotopic (exact) mass is 297 g/mol. The second-order valence-corrected chi connectivity index (χ2v) is 5.76. The number of aromatic amines is 1. The van der Waals surface area contributed by atoms with Crippen LogP contribution in [0.1, 0.15) is 5.56 Å². The molecule has 0 aliphatic carbocycles. The quantitative estimate of drug-likeness (QED) is 0.803. The van der Waals surface area contributed by atoms with E-state index in [2.05, 4.69) is 26.0 Å². The third-order valence-corrected chi connectivity index (χ3v) is 3.97. The lowest BCUT2D eigenvalue weighted by Gasteiger charge is -2.32. The number of hydrogen-bond donors (Lipinski definition) is 1. The van der Waals surface area contributed by atoms with Crippen LogP contribution in [-0.2, 0) is 11.3 Å². The van der Waals surface area contributed by atoms with Gasteiger partial charge in [0.1, 0.15) is 0 Å². The predicted molar refractivity (Wildman–Crippen MR) is 85.0 cm³/mol. The molecule has 6 nitrogen and oxygen atoms in total. The normalized spacial score (nSPS) is 19.0. The smallest absolute Gasteiger partial charge is 0.204 e. The van der Waals surface area contributed by atoms with E-state index in [1.54, 1.807) is 0 Å². The van der Waals surface area contributed by atoms with E-state index in [0.29, 0.717) is 6.61 Å². The van der Waals surface area contributed by atoms with Gasteiger partial charge in [0.15, 0.2) is 0 Å². The maximum absolute atomic E-state index is 5.87. The Morgan fingerprint density at radius 2 is 2.27 bits per heavy atom. The van der Waals surface area contributed by atoms with E-state index < -0.39 is 0 Å². The van der Waals surface area contributed by atoms with E-state index in [-0.39, 0.29) is 6.10 Å². The van der Waals surface area contributed by atoms with Gasteiger partial charge in [0, 0.05) is 19.3 Å². The third kappa shape index (κ3) is 2.57. The molecule has 1 atom stereocenters. The summed E-state index contributed by atoms with van der Waals surface area (Å²) in [6.07, 6.45) is 4.05. The molecular formula is C16H19N5O. The fourth-order valence-electron chi connectivity index (χ4n) is 2.89. The molecule has 0 radical (unpaired) electrons. The highest BCUT2D eigenvalue weighted by Gasteiger charge is 2.23. The summed E-state index contributed by atoms with van der Waals surface area (Å²) in [6.45, 7) is 5.20. The first-order valence-electron chi connectivity index (χ1n) is 7.58. The number of nitrogens with one attached hydrogen (secondary N) is 1. The van der Waals surface area contributed by atoms with Gasteiger partial charge in [-0.3, -0.25) is 4.68 Å².